The third-order valence-corrected chi connectivity index (χ3v) is 3.33. The summed E-state index contributed by atoms with van der Waals surface area (Å²) < 4.78 is 15.7. The van der Waals surface area contributed by atoms with Crippen molar-refractivity contribution in [3.05, 3.63) is 47.5 Å². The largest absolute Gasteiger partial charge is 0.497 e. The number of ether oxygens (including phenoxy) is 3. The van der Waals surface area contributed by atoms with Gasteiger partial charge >= 0.3 is 0 Å². The van der Waals surface area contributed by atoms with E-state index in [-0.39, 0.29) is 12.5 Å². The predicted molar refractivity (Wildman–Crippen MR) is 90.2 cm³/mol. The Hall–Kier alpha value is -3.02. The van der Waals surface area contributed by atoms with Crippen molar-refractivity contribution in [2.75, 3.05) is 26.1 Å². The Balaban J connectivity index is 2.04. The Morgan fingerprint density at radius 3 is 2.50 bits per heavy atom. The van der Waals surface area contributed by atoms with Crippen molar-refractivity contribution in [2.45, 2.75) is 6.92 Å². The number of methoxy groups -OCH3 is 2. The third-order valence-electron chi connectivity index (χ3n) is 3.33. The Kier molecular flexibility index (Phi) is 5.78. The standard InChI is InChI=1S/C18H19NO5/c1-12-4-6-17(23-3)15(8-12)19-18(21)11-24-16-7-5-14(22-2)9-13(16)10-20/h4-10H,11H2,1-3H3,(H,19,21). The zero-order valence-corrected chi connectivity index (χ0v) is 13.8. The highest BCUT2D eigenvalue weighted by Gasteiger charge is 2.11. The zero-order valence-electron chi connectivity index (χ0n) is 13.8. The van der Waals surface area contributed by atoms with Gasteiger partial charge in [-0.1, -0.05) is 6.07 Å². The summed E-state index contributed by atoms with van der Waals surface area (Å²) in [4.78, 5) is 23.2. The fraction of sp³-hybridized carbons (Fsp3) is 0.222. The zero-order chi connectivity index (χ0) is 17.5. The highest BCUT2D eigenvalue weighted by atomic mass is 16.5. The van der Waals surface area contributed by atoms with Gasteiger partial charge in [-0.2, -0.15) is 0 Å². The third kappa shape index (κ3) is 4.25. The van der Waals surface area contributed by atoms with Crippen LogP contribution in [0.2, 0.25) is 0 Å². The molecule has 0 unspecified atom stereocenters. The fourth-order valence-electron chi connectivity index (χ4n) is 2.13. The van der Waals surface area contributed by atoms with Gasteiger partial charge in [0, 0.05) is 0 Å². The maximum absolute atomic E-state index is 12.1. The monoisotopic (exact) mass is 329 g/mol. The lowest BCUT2D eigenvalue weighted by atomic mass is 10.2. The molecule has 0 aliphatic heterocycles. The summed E-state index contributed by atoms with van der Waals surface area (Å²) in [6, 6.07) is 10.3. The molecule has 0 aliphatic rings. The second-order valence-electron chi connectivity index (χ2n) is 5.06. The van der Waals surface area contributed by atoms with Crippen molar-refractivity contribution in [2.24, 2.45) is 0 Å². The lowest BCUT2D eigenvalue weighted by molar-refractivity contribution is -0.118. The molecule has 0 saturated carbocycles. The molecule has 0 heterocycles. The van der Waals surface area contributed by atoms with Gasteiger partial charge in [-0.05, 0) is 42.8 Å². The van der Waals surface area contributed by atoms with Crippen LogP contribution in [0, 0.1) is 6.92 Å². The molecular weight excluding hydrogens is 310 g/mol. The van der Waals surface area contributed by atoms with Gasteiger partial charge in [-0.3, -0.25) is 9.59 Å². The van der Waals surface area contributed by atoms with Crippen molar-refractivity contribution in [3.63, 3.8) is 0 Å². The summed E-state index contributed by atoms with van der Waals surface area (Å²) in [6.07, 6.45) is 0.652. The number of hydrogen-bond acceptors (Lipinski definition) is 5. The Bertz CT molecular complexity index is 742. The quantitative estimate of drug-likeness (QED) is 0.791. The first-order valence-corrected chi connectivity index (χ1v) is 7.28. The molecule has 2 rings (SSSR count). The van der Waals surface area contributed by atoms with E-state index in [1.165, 1.54) is 14.2 Å². The lowest BCUT2D eigenvalue weighted by Crippen LogP contribution is -2.21. The molecule has 2 aromatic carbocycles. The highest BCUT2D eigenvalue weighted by molar-refractivity contribution is 5.93. The lowest BCUT2D eigenvalue weighted by Gasteiger charge is -2.12. The molecule has 1 amide bonds. The van der Waals surface area contributed by atoms with Crippen LogP contribution < -0.4 is 19.5 Å². The number of rotatable bonds is 7. The molecule has 0 aliphatic carbocycles. The SMILES string of the molecule is COc1ccc(OCC(=O)Nc2cc(C)ccc2OC)c(C=O)c1. The molecule has 0 atom stereocenters. The van der Waals surface area contributed by atoms with Crippen LogP contribution >= 0.6 is 0 Å². The molecule has 0 spiro atoms. The van der Waals surface area contributed by atoms with Crippen molar-refractivity contribution in [3.8, 4) is 17.2 Å². The molecular formula is C18H19NO5. The van der Waals surface area contributed by atoms with Crippen LogP contribution in [-0.4, -0.2) is 33.0 Å². The minimum absolute atomic E-state index is 0.232. The van der Waals surface area contributed by atoms with Crippen LogP contribution in [0.1, 0.15) is 15.9 Å². The summed E-state index contributed by atoms with van der Waals surface area (Å²) in [5.41, 5.74) is 1.87. The number of carbonyl (C=O) groups excluding carboxylic acids is 2. The number of carbonyl (C=O) groups is 2. The van der Waals surface area contributed by atoms with E-state index in [0.717, 1.165) is 5.56 Å². The van der Waals surface area contributed by atoms with Crippen LogP contribution in [0.4, 0.5) is 5.69 Å². The predicted octanol–water partition coefficient (Wildman–Crippen LogP) is 2.84. The minimum atomic E-state index is -0.355. The van der Waals surface area contributed by atoms with Crippen molar-refractivity contribution in [1.82, 2.24) is 0 Å². The van der Waals surface area contributed by atoms with E-state index < -0.39 is 0 Å². The van der Waals surface area contributed by atoms with Gasteiger partial charge in [0.25, 0.3) is 5.91 Å². The Morgan fingerprint density at radius 2 is 1.83 bits per heavy atom. The van der Waals surface area contributed by atoms with E-state index in [0.29, 0.717) is 34.8 Å². The van der Waals surface area contributed by atoms with E-state index >= 15 is 0 Å². The topological polar surface area (TPSA) is 73.9 Å². The summed E-state index contributed by atoms with van der Waals surface area (Å²) in [6.45, 7) is 1.68. The summed E-state index contributed by atoms with van der Waals surface area (Å²) in [5.74, 6) is 1.06. The van der Waals surface area contributed by atoms with Crippen molar-refractivity contribution in [1.29, 1.82) is 0 Å². The average molecular weight is 329 g/mol. The van der Waals surface area contributed by atoms with Crippen molar-refractivity contribution >= 4 is 17.9 Å². The number of benzene rings is 2. The van der Waals surface area contributed by atoms with Crippen LogP contribution in [0.3, 0.4) is 0 Å². The van der Waals surface area contributed by atoms with Gasteiger partial charge in [0.05, 0.1) is 25.5 Å². The minimum Gasteiger partial charge on any atom is -0.497 e. The number of hydrogen-bond donors (Lipinski definition) is 1. The molecule has 0 fully saturated rings. The van der Waals surface area contributed by atoms with Gasteiger partial charge in [0.15, 0.2) is 12.9 Å². The molecule has 1 N–H and O–H groups in total. The molecule has 6 heteroatoms. The number of amides is 1. The molecule has 24 heavy (non-hydrogen) atoms. The number of nitrogens with one attached hydrogen (secondary N) is 1. The molecule has 0 bridgehead atoms. The molecule has 126 valence electrons. The van der Waals surface area contributed by atoms with E-state index in [1.807, 2.05) is 13.0 Å². The average Bonchev–Trinajstić information content (AvgIpc) is 2.60. The van der Waals surface area contributed by atoms with Gasteiger partial charge < -0.3 is 19.5 Å². The summed E-state index contributed by atoms with van der Waals surface area (Å²) in [5, 5.41) is 2.73. The molecule has 0 aromatic heterocycles. The van der Waals surface area contributed by atoms with E-state index in [1.54, 1.807) is 30.3 Å². The maximum Gasteiger partial charge on any atom is 0.262 e. The van der Waals surface area contributed by atoms with Gasteiger partial charge in [0.1, 0.15) is 17.2 Å². The summed E-state index contributed by atoms with van der Waals surface area (Å²) in [7, 11) is 3.04. The first kappa shape index (κ1) is 17.3. The first-order valence-electron chi connectivity index (χ1n) is 7.28. The normalized spacial score (nSPS) is 9.96. The van der Waals surface area contributed by atoms with Gasteiger partial charge in [-0.25, -0.2) is 0 Å². The van der Waals surface area contributed by atoms with E-state index in [2.05, 4.69) is 5.32 Å². The molecule has 2 aromatic rings. The Morgan fingerprint density at radius 1 is 1.08 bits per heavy atom. The van der Waals surface area contributed by atoms with Crippen molar-refractivity contribution < 1.29 is 23.8 Å². The van der Waals surface area contributed by atoms with Gasteiger partial charge in [0.2, 0.25) is 0 Å². The molecule has 0 radical (unpaired) electrons. The first-order chi connectivity index (χ1) is 11.6. The summed E-state index contributed by atoms with van der Waals surface area (Å²) >= 11 is 0. The van der Waals surface area contributed by atoms with Crippen LogP contribution in [0.25, 0.3) is 0 Å². The second kappa shape index (κ2) is 8.01. The van der Waals surface area contributed by atoms with E-state index in [4.69, 9.17) is 14.2 Å². The smallest absolute Gasteiger partial charge is 0.262 e. The number of anilines is 1. The maximum atomic E-state index is 12.1. The molecule has 0 saturated heterocycles. The van der Waals surface area contributed by atoms with E-state index in [9.17, 15) is 9.59 Å². The molecule has 6 nitrogen and oxygen atoms in total. The highest BCUT2D eigenvalue weighted by Crippen LogP contribution is 2.25. The fourth-order valence-corrected chi connectivity index (χ4v) is 2.13. The Labute approximate surface area is 140 Å². The van der Waals surface area contributed by atoms with Gasteiger partial charge in [-0.15, -0.1) is 0 Å². The second-order valence-corrected chi connectivity index (χ2v) is 5.06. The van der Waals surface area contributed by atoms with Crippen LogP contribution in [-0.2, 0) is 4.79 Å². The number of aldehydes is 1. The van der Waals surface area contributed by atoms with Crippen LogP contribution in [0.5, 0.6) is 17.2 Å². The number of aryl methyl sites for hydroxylation is 1. The van der Waals surface area contributed by atoms with Crippen LogP contribution in [0.15, 0.2) is 36.4 Å².